The summed E-state index contributed by atoms with van der Waals surface area (Å²) in [7, 11) is 1.92. The van der Waals surface area contributed by atoms with E-state index in [0.717, 1.165) is 30.8 Å². The Hall–Kier alpha value is -2.22. The molecule has 0 bridgehead atoms. The van der Waals surface area contributed by atoms with Crippen LogP contribution in [0.2, 0.25) is 0 Å². The van der Waals surface area contributed by atoms with Crippen LogP contribution in [-0.4, -0.2) is 43.5 Å². The van der Waals surface area contributed by atoms with Gasteiger partial charge < -0.3 is 19.0 Å². The van der Waals surface area contributed by atoms with E-state index in [0.29, 0.717) is 17.9 Å². The average molecular weight is 389 g/mol. The normalized spacial score (nSPS) is 24.8. The number of imidazole rings is 1. The van der Waals surface area contributed by atoms with Gasteiger partial charge in [0.15, 0.2) is 10.9 Å². The number of hydrogen-bond acceptors (Lipinski definition) is 5. The molecular formula is C19H23N3O4S. The Morgan fingerprint density at radius 2 is 2.15 bits per heavy atom. The van der Waals surface area contributed by atoms with Crippen molar-refractivity contribution in [3.05, 3.63) is 36.0 Å². The molecule has 3 heterocycles. The molecule has 8 heteroatoms. The number of aliphatic carboxylic acids is 1. The van der Waals surface area contributed by atoms with Crippen molar-refractivity contribution in [1.29, 1.82) is 0 Å². The molecule has 2 aromatic heterocycles. The van der Waals surface area contributed by atoms with Gasteiger partial charge in [0.05, 0.1) is 5.75 Å². The summed E-state index contributed by atoms with van der Waals surface area (Å²) in [6.45, 7) is 0. The van der Waals surface area contributed by atoms with Crippen molar-refractivity contribution in [3.63, 3.8) is 0 Å². The highest BCUT2D eigenvalue weighted by Gasteiger charge is 2.48. The van der Waals surface area contributed by atoms with E-state index in [1.807, 2.05) is 17.8 Å². The Balaban J connectivity index is 1.49. The van der Waals surface area contributed by atoms with Gasteiger partial charge in [-0.05, 0) is 37.3 Å². The van der Waals surface area contributed by atoms with Crippen LogP contribution in [0.25, 0.3) is 0 Å². The van der Waals surface area contributed by atoms with Gasteiger partial charge in [-0.25, -0.2) is 9.78 Å². The fraction of sp³-hybridized carbons (Fsp3) is 0.526. The lowest BCUT2D eigenvalue weighted by Gasteiger charge is -2.32. The zero-order valence-corrected chi connectivity index (χ0v) is 16.0. The third-order valence-electron chi connectivity index (χ3n) is 5.60. The highest BCUT2D eigenvalue weighted by Crippen LogP contribution is 2.40. The summed E-state index contributed by atoms with van der Waals surface area (Å²) < 4.78 is 7.68. The molecule has 27 heavy (non-hydrogen) atoms. The fourth-order valence-electron chi connectivity index (χ4n) is 4.30. The summed E-state index contributed by atoms with van der Waals surface area (Å²) in [5, 5.41) is 10.5. The van der Waals surface area contributed by atoms with Gasteiger partial charge in [0.25, 0.3) is 5.91 Å². The molecule has 2 aliphatic rings. The van der Waals surface area contributed by atoms with E-state index < -0.39 is 12.0 Å². The molecule has 2 fully saturated rings. The SMILES string of the molecule is Cn1ccnc1SCc1ccc(C(=O)N2C(C(=O)O)CC3CCCCC32)o1. The predicted octanol–water partition coefficient (Wildman–Crippen LogP) is 3.16. The fourth-order valence-corrected chi connectivity index (χ4v) is 5.12. The second-order valence-electron chi connectivity index (χ2n) is 7.29. The number of nitrogens with zero attached hydrogens (tertiary/aromatic N) is 3. The van der Waals surface area contributed by atoms with Gasteiger partial charge in [0.1, 0.15) is 11.8 Å². The molecule has 2 aromatic rings. The van der Waals surface area contributed by atoms with Crippen molar-refractivity contribution in [3.8, 4) is 0 Å². The van der Waals surface area contributed by atoms with E-state index in [9.17, 15) is 14.7 Å². The lowest BCUT2D eigenvalue weighted by molar-refractivity contribution is -0.141. The van der Waals surface area contributed by atoms with E-state index in [1.165, 1.54) is 11.8 Å². The van der Waals surface area contributed by atoms with Gasteiger partial charge in [0, 0.05) is 25.5 Å². The standard InChI is InChI=1S/C19H23N3O4S/c1-21-9-8-20-19(21)27-11-13-6-7-16(26-13)17(23)22-14-5-3-2-4-12(14)10-15(22)18(24)25/h6-9,12,14-15H,2-5,10-11H2,1H3,(H,24,25). The number of furan rings is 1. The van der Waals surface area contributed by atoms with Crippen molar-refractivity contribution >= 4 is 23.6 Å². The lowest BCUT2D eigenvalue weighted by Crippen LogP contribution is -2.46. The van der Waals surface area contributed by atoms with Crippen LogP contribution in [0.3, 0.4) is 0 Å². The molecule has 0 spiro atoms. The Morgan fingerprint density at radius 3 is 2.89 bits per heavy atom. The molecule has 1 N–H and O–H groups in total. The first kappa shape index (κ1) is 18.2. The van der Waals surface area contributed by atoms with Crippen molar-refractivity contribution in [2.75, 3.05) is 0 Å². The lowest BCUT2D eigenvalue weighted by atomic mass is 9.84. The number of amides is 1. The monoisotopic (exact) mass is 389 g/mol. The van der Waals surface area contributed by atoms with Crippen molar-refractivity contribution < 1.29 is 19.1 Å². The third kappa shape index (κ3) is 3.50. The Kier molecular flexibility index (Phi) is 4.99. The van der Waals surface area contributed by atoms with Gasteiger partial charge >= 0.3 is 5.97 Å². The smallest absolute Gasteiger partial charge is 0.326 e. The molecule has 0 aromatic carbocycles. The summed E-state index contributed by atoms with van der Waals surface area (Å²) >= 11 is 1.53. The van der Waals surface area contributed by atoms with Gasteiger partial charge in [-0.3, -0.25) is 4.79 Å². The first-order chi connectivity index (χ1) is 13.0. The number of thioether (sulfide) groups is 1. The number of carboxylic acids is 1. The second kappa shape index (κ2) is 7.42. The van der Waals surface area contributed by atoms with Crippen LogP contribution in [0.15, 0.2) is 34.1 Å². The first-order valence-electron chi connectivity index (χ1n) is 9.29. The quantitative estimate of drug-likeness (QED) is 0.790. The Morgan fingerprint density at radius 1 is 1.33 bits per heavy atom. The molecule has 7 nitrogen and oxygen atoms in total. The van der Waals surface area contributed by atoms with Crippen molar-refractivity contribution in [2.45, 2.75) is 55.1 Å². The van der Waals surface area contributed by atoms with Crippen LogP contribution >= 0.6 is 11.8 Å². The first-order valence-corrected chi connectivity index (χ1v) is 10.3. The molecular weight excluding hydrogens is 366 g/mol. The largest absolute Gasteiger partial charge is 0.480 e. The molecule has 3 atom stereocenters. The molecule has 1 aliphatic carbocycles. The van der Waals surface area contributed by atoms with E-state index in [2.05, 4.69) is 4.98 Å². The number of aryl methyl sites for hydroxylation is 1. The van der Waals surface area contributed by atoms with Gasteiger partial charge in [-0.15, -0.1) is 0 Å². The molecule has 1 saturated carbocycles. The second-order valence-corrected chi connectivity index (χ2v) is 8.23. The van der Waals surface area contributed by atoms with Crippen LogP contribution in [0.1, 0.15) is 48.4 Å². The highest BCUT2D eigenvalue weighted by molar-refractivity contribution is 7.98. The zero-order valence-electron chi connectivity index (χ0n) is 15.2. The summed E-state index contributed by atoms with van der Waals surface area (Å²) in [6, 6.07) is 2.71. The minimum atomic E-state index is -0.921. The number of carbonyl (C=O) groups is 2. The average Bonchev–Trinajstić information content (AvgIpc) is 3.37. The maximum absolute atomic E-state index is 13.1. The van der Waals surface area contributed by atoms with E-state index >= 15 is 0 Å². The maximum atomic E-state index is 13.1. The molecule has 0 radical (unpaired) electrons. The van der Waals surface area contributed by atoms with E-state index in [1.54, 1.807) is 23.2 Å². The third-order valence-corrected chi connectivity index (χ3v) is 6.68. The molecule has 144 valence electrons. The summed E-state index contributed by atoms with van der Waals surface area (Å²) in [6.07, 6.45) is 8.20. The van der Waals surface area contributed by atoms with Gasteiger partial charge in [-0.2, -0.15) is 0 Å². The molecule has 1 amide bonds. The number of carbonyl (C=O) groups excluding carboxylic acids is 1. The van der Waals surface area contributed by atoms with Crippen molar-refractivity contribution in [1.82, 2.24) is 14.5 Å². The topological polar surface area (TPSA) is 88.6 Å². The van der Waals surface area contributed by atoms with E-state index in [-0.39, 0.29) is 23.6 Å². The Labute approximate surface area is 161 Å². The number of likely N-dealkylation sites (tertiary alicyclic amines) is 1. The highest BCUT2D eigenvalue weighted by atomic mass is 32.2. The van der Waals surface area contributed by atoms with Gasteiger partial charge in [0.2, 0.25) is 0 Å². The molecule has 3 unspecified atom stereocenters. The minimum Gasteiger partial charge on any atom is -0.480 e. The number of rotatable bonds is 5. The summed E-state index contributed by atoms with van der Waals surface area (Å²) in [5.41, 5.74) is 0. The van der Waals surface area contributed by atoms with Crippen LogP contribution in [0, 0.1) is 5.92 Å². The van der Waals surface area contributed by atoms with Crippen LogP contribution in [0.5, 0.6) is 0 Å². The van der Waals surface area contributed by atoms with Gasteiger partial charge in [-0.1, -0.05) is 24.6 Å². The number of fused-ring (bicyclic) bond motifs is 1. The van der Waals surface area contributed by atoms with Crippen molar-refractivity contribution in [2.24, 2.45) is 13.0 Å². The summed E-state index contributed by atoms with van der Waals surface area (Å²) in [4.78, 5) is 30.6. The molecule has 1 aliphatic heterocycles. The molecule has 1 saturated heterocycles. The Bertz CT molecular complexity index is 846. The van der Waals surface area contributed by atoms with Crippen LogP contribution in [-0.2, 0) is 17.6 Å². The van der Waals surface area contributed by atoms with Crippen LogP contribution in [0.4, 0.5) is 0 Å². The predicted molar refractivity (Wildman–Crippen MR) is 99.4 cm³/mol. The number of carboxylic acid groups (broad SMARTS) is 1. The zero-order chi connectivity index (χ0) is 19.0. The minimum absolute atomic E-state index is 0.0165. The molecule has 4 rings (SSSR count). The number of aromatic nitrogens is 2. The number of hydrogen-bond donors (Lipinski definition) is 1. The maximum Gasteiger partial charge on any atom is 0.326 e. The summed E-state index contributed by atoms with van der Waals surface area (Å²) in [5.74, 6) is 0.532. The van der Waals surface area contributed by atoms with Crippen LogP contribution < -0.4 is 0 Å². The van der Waals surface area contributed by atoms with E-state index in [4.69, 9.17) is 4.42 Å².